The fourth-order valence-corrected chi connectivity index (χ4v) is 2.28. The van der Waals surface area contributed by atoms with Crippen molar-refractivity contribution in [1.82, 2.24) is 10.2 Å². The lowest BCUT2D eigenvalue weighted by atomic mass is 10.0. The van der Waals surface area contributed by atoms with Crippen molar-refractivity contribution in [3.63, 3.8) is 0 Å². The maximum atomic E-state index is 6.03. The van der Waals surface area contributed by atoms with E-state index in [0.29, 0.717) is 6.10 Å². The van der Waals surface area contributed by atoms with Crippen LogP contribution in [0.3, 0.4) is 0 Å². The van der Waals surface area contributed by atoms with Gasteiger partial charge in [-0.15, -0.1) is 0 Å². The zero-order valence-corrected chi connectivity index (χ0v) is 8.91. The van der Waals surface area contributed by atoms with Gasteiger partial charge < -0.3 is 20.7 Å². The summed E-state index contributed by atoms with van der Waals surface area (Å²) in [7, 11) is 2.14. The Kier molecular flexibility index (Phi) is 3.38. The second-order valence-corrected chi connectivity index (χ2v) is 4.50. The van der Waals surface area contributed by atoms with E-state index in [0.717, 1.165) is 39.0 Å². The average Bonchev–Trinajstić information content (AvgIpc) is 2.56. The first kappa shape index (κ1) is 10.4. The number of piperidine rings is 1. The predicted octanol–water partition coefficient (Wildman–Crippen LogP) is -0.604. The molecule has 2 heterocycles. The van der Waals surface area contributed by atoms with Crippen molar-refractivity contribution in [2.45, 2.75) is 31.1 Å². The van der Waals surface area contributed by atoms with Gasteiger partial charge in [-0.2, -0.15) is 0 Å². The van der Waals surface area contributed by atoms with Gasteiger partial charge in [-0.05, 0) is 26.4 Å². The Morgan fingerprint density at radius 2 is 2.29 bits per heavy atom. The van der Waals surface area contributed by atoms with Gasteiger partial charge >= 0.3 is 0 Å². The Balaban J connectivity index is 1.78. The molecule has 2 unspecified atom stereocenters. The zero-order valence-electron chi connectivity index (χ0n) is 8.91. The van der Waals surface area contributed by atoms with Crippen molar-refractivity contribution in [1.29, 1.82) is 0 Å². The number of nitrogens with two attached hydrogens (primary N) is 1. The summed E-state index contributed by atoms with van der Waals surface area (Å²) in [6, 6.07) is 0.176. The van der Waals surface area contributed by atoms with Crippen LogP contribution in [0.1, 0.15) is 12.8 Å². The first-order valence-corrected chi connectivity index (χ1v) is 5.56. The molecule has 0 bridgehead atoms. The molecule has 2 aliphatic rings. The summed E-state index contributed by atoms with van der Waals surface area (Å²) in [5.74, 6) is 0. The monoisotopic (exact) mass is 199 g/mol. The molecule has 4 heteroatoms. The normalized spacial score (nSPS) is 40.3. The van der Waals surface area contributed by atoms with Crippen LogP contribution in [0.2, 0.25) is 0 Å². The average molecular weight is 199 g/mol. The number of ether oxygens (including phenoxy) is 1. The Hall–Kier alpha value is -0.160. The number of rotatable bonds is 2. The Morgan fingerprint density at radius 1 is 1.43 bits per heavy atom. The summed E-state index contributed by atoms with van der Waals surface area (Å²) >= 11 is 0. The van der Waals surface area contributed by atoms with E-state index in [2.05, 4.69) is 17.3 Å². The van der Waals surface area contributed by atoms with Crippen LogP contribution in [0, 0.1) is 0 Å². The second-order valence-electron chi connectivity index (χ2n) is 4.50. The van der Waals surface area contributed by atoms with Gasteiger partial charge in [0.2, 0.25) is 0 Å². The van der Waals surface area contributed by atoms with E-state index < -0.39 is 0 Å². The van der Waals surface area contributed by atoms with E-state index in [1.807, 2.05) is 0 Å². The third kappa shape index (κ3) is 2.45. The largest absolute Gasteiger partial charge is 0.372 e. The number of hydrogen-bond donors (Lipinski definition) is 2. The lowest BCUT2D eigenvalue weighted by molar-refractivity contribution is -0.0296. The first-order valence-electron chi connectivity index (χ1n) is 5.56. The Labute approximate surface area is 85.8 Å². The number of likely N-dealkylation sites (N-methyl/N-ethyl adjacent to an activating group) is 1. The molecule has 3 N–H and O–H groups in total. The standard InChI is InChI=1S/C10H21N3O/c1-13-5-3-8(7-13)14-10-2-4-12-6-9(10)11/h8-10,12H,2-7,11H2,1H3/t8-,9?,10?/m1/s1. The molecule has 2 aliphatic heterocycles. The molecular weight excluding hydrogens is 178 g/mol. The summed E-state index contributed by atoms with van der Waals surface area (Å²) in [5, 5.41) is 3.28. The van der Waals surface area contributed by atoms with Crippen LogP contribution in [-0.4, -0.2) is 56.4 Å². The van der Waals surface area contributed by atoms with Gasteiger partial charge in [0.1, 0.15) is 0 Å². The molecule has 82 valence electrons. The molecule has 0 amide bonds. The van der Waals surface area contributed by atoms with Crippen LogP contribution in [-0.2, 0) is 4.74 Å². The van der Waals surface area contributed by atoms with Gasteiger partial charge in [0.15, 0.2) is 0 Å². The summed E-state index contributed by atoms with van der Waals surface area (Å²) in [5.41, 5.74) is 5.99. The van der Waals surface area contributed by atoms with E-state index in [1.165, 1.54) is 0 Å². The maximum Gasteiger partial charge on any atom is 0.0754 e. The number of nitrogens with one attached hydrogen (secondary N) is 1. The van der Waals surface area contributed by atoms with E-state index >= 15 is 0 Å². The van der Waals surface area contributed by atoms with Crippen LogP contribution >= 0.6 is 0 Å². The quantitative estimate of drug-likeness (QED) is 0.623. The molecule has 14 heavy (non-hydrogen) atoms. The Bertz CT molecular complexity index is 188. The molecule has 0 aromatic carbocycles. The number of nitrogens with zero attached hydrogens (tertiary/aromatic N) is 1. The minimum Gasteiger partial charge on any atom is -0.372 e. The van der Waals surface area contributed by atoms with Gasteiger partial charge in [0.05, 0.1) is 12.2 Å². The molecule has 0 aromatic heterocycles. The van der Waals surface area contributed by atoms with E-state index in [1.54, 1.807) is 0 Å². The minimum atomic E-state index is 0.176. The lowest BCUT2D eigenvalue weighted by Gasteiger charge is -2.31. The highest BCUT2D eigenvalue weighted by atomic mass is 16.5. The van der Waals surface area contributed by atoms with Crippen LogP contribution in [0.5, 0.6) is 0 Å². The van der Waals surface area contributed by atoms with Crippen molar-refractivity contribution < 1.29 is 4.74 Å². The van der Waals surface area contributed by atoms with E-state index in [4.69, 9.17) is 10.5 Å². The zero-order chi connectivity index (χ0) is 9.97. The van der Waals surface area contributed by atoms with E-state index in [9.17, 15) is 0 Å². The van der Waals surface area contributed by atoms with Gasteiger partial charge in [0.25, 0.3) is 0 Å². The molecule has 0 saturated carbocycles. The summed E-state index contributed by atoms with van der Waals surface area (Å²) in [4.78, 5) is 2.32. The van der Waals surface area contributed by atoms with Gasteiger partial charge in [-0.25, -0.2) is 0 Å². The molecular formula is C10H21N3O. The smallest absolute Gasteiger partial charge is 0.0754 e. The van der Waals surface area contributed by atoms with Gasteiger partial charge in [0, 0.05) is 25.7 Å². The molecule has 2 saturated heterocycles. The molecule has 0 spiro atoms. The summed E-state index contributed by atoms with van der Waals surface area (Å²) < 4.78 is 6.03. The van der Waals surface area contributed by atoms with Crippen molar-refractivity contribution in [3.05, 3.63) is 0 Å². The molecule has 2 rings (SSSR count). The molecule has 0 aromatic rings. The fourth-order valence-electron chi connectivity index (χ4n) is 2.28. The summed E-state index contributed by atoms with van der Waals surface area (Å²) in [6.07, 6.45) is 2.90. The maximum absolute atomic E-state index is 6.03. The Morgan fingerprint density at radius 3 is 2.93 bits per heavy atom. The van der Waals surface area contributed by atoms with Crippen LogP contribution < -0.4 is 11.1 Å². The van der Waals surface area contributed by atoms with E-state index in [-0.39, 0.29) is 12.1 Å². The highest BCUT2D eigenvalue weighted by molar-refractivity contribution is 4.84. The lowest BCUT2D eigenvalue weighted by Crippen LogP contribution is -2.51. The number of likely N-dealkylation sites (tertiary alicyclic amines) is 1. The molecule has 0 aliphatic carbocycles. The third-order valence-corrected chi connectivity index (χ3v) is 3.18. The SMILES string of the molecule is CN1CC[C@@H](OC2CCNCC2N)C1. The van der Waals surface area contributed by atoms with Crippen LogP contribution in [0.25, 0.3) is 0 Å². The predicted molar refractivity (Wildman–Crippen MR) is 56.2 cm³/mol. The van der Waals surface area contributed by atoms with Crippen molar-refractivity contribution in [2.75, 3.05) is 33.2 Å². The van der Waals surface area contributed by atoms with Crippen molar-refractivity contribution in [3.8, 4) is 0 Å². The highest BCUT2D eigenvalue weighted by Gasteiger charge is 2.28. The third-order valence-electron chi connectivity index (χ3n) is 3.18. The summed E-state index contributed by atoms with van der Waals surface area (Å²) in [6.45, 7) is 4.16. The van der Waals surface area contributed by atoms with Crippen LogP contribution in [0.15, 0.2) is 0 Å². The van der Waals surface area contributed by atoms with Crippen molar-refractivity contribution in [2.24, 2.45) is 5.73 Å². The molecule has 0 radical (unpaired) electrons. The fraction of sp³-hybridized carbons (Fsp3) is 1.00. The number of hydrogen-bond acceptors (Lipinski definition) is 4. The molecule has 4 nitrogen and oxygen atoms in total. The van der Waals surface area contributed by atoms with Gasteiger partial charge in [-0.3, -0.25) is 0 Å². The topological polar surface area (TPSA) is 50.5 Å². The molecule has 2 fully saturated rings. The van der Waals surface area contributed by atoms with Gasteiger partial charge in [-0.1, -0.05) is 0 Å². The highest BCUT2D eigenvalue weighted by Crippen LogP contribution is 2.16. The second kappa shape index (κ2) is 4.57. The van der Waals surface area contributed by atoms with Crippen LogP contribution in [0.4, 0.5) is 0 Å². The minimum absolute atomic E-state index is 0.176. The molecule has 3 atom stereocenters. The first-order chi connectivity index (χ1) is 6.75. The van der Waals surface area contributed by atoms with Crippen molar-refractivity contribution >= 4 is 0 Å².